The average Bonchev–Trinajstić information content (AvgIpc) is 2.18. The van der Waals surface area contributed by atoms with Crippen molar-refractivity contribution in [3.63, 3.8) is 0 Å². The van der Waals surface area contributed by atoms with Gasteiger partial charge in [0.05, 0.1) is 0 Å². The Morgan fingerprint density at radius 3 is 2.00 bits per heavy atom. The third-order valence-corrected chi connectivity index (χ3v) is 3.61. The van der Waals surface area contributed by atoms with Crippen molar-refractivity contribution in [2.45, 2.75) is 0 Å². The highest BCUT2D eigenvalue weighted by Gasteiger charge is 2.22. The molecule has 1 saturated heterocycles. The van der Waals surface area contributed by atoms with Gasteiger partial charge >= 0.3 is 0 Å². The SMILES string of the molecule is C=CN1CCN(S(=O)(=O)C=C)CC1. The summed E-state index contributed by atoms with van der Waals surface area (Å²) in [5, 5.41) is 0.997. The number of nitrogens with zero attached hydrogens (tertiary/aromatic N) is 2. The summed E-state index contributed by atoms with van der Waals surface area (Å²) in [6.45, 7) is 9.35. The summed E-state index contributed by atoms with van der Waals surface area (Å²) in [7, 11) is -3.22. The minimum atomic E-state index is -3.22. The molecule has 13 heavy (non-hydrogen) atoms. The molecule has 1 heterocycles. The Kier molecular flexibility index (Phi) is 3.11. The number of hydrogen-bond acceptors (Lipinski definition) is 3. The van der Waals surface area contributed by atoms with Crippen LogP contribution >= 0.6 is 0 Å². The first-order valence-electron chi connectivity index (χ1n) is 4.09. The fourth-order valence-corrected chi connectivity index (χ4v) is 2.13. The Bertz CT molecular complexity index is 289. The van der Waals surface area contributed by atoms with Crippen LogP contribution in [0.4, 0.5) is 0 Å². The van der Waals surface area contributed by atoms with Crippen LogP contribution < -0.4 is 0 Å². The molecule has 4 nitrogen and oxygen atoms in total. The van der Waals surface area contributed by atoms with Crippen molar-refractivity contribution < 1.29 is 8.42 Å². The van der Waals surface area contributed by atoms with E-state index in [0.717, 1.165) is 5.41 Å². The Balaban J connectivity index is 2.60. The molecule has 0 amide bonds. The summed E-state index contributed by atoms with van der Waals surface area (Å²) < 4.78 is 24.1. The average molecular weight is 202 g/mol. The normalized spacial score (nSPS) is 19.8. The second-order valence-electron chi connectivity index (χ2n) is 2.83. The van der Waals surface area contributed by atoms with Crippen molar-refractivity contribution in [3.05, 3.63) is 24.8 Å². The van der Waals surface area contributed by atoms with Crippen LogP contribution in [0.25, 0.3) is 0 Å². The van der Waals surface area contributed by atoms with Crippen molar-refractivity contribution >= 4 is 10.0 Å². The summed E-state index contributed by atoms with van der Waals surface area (Å²) in [6.07, 6.45) is 1.73. The van der Waals surface area contributed by atoms with Crippen LogP contribution in [0.3, 0.4) is 0 Å². The van der Waals surface area contributed by atoms with Crippen molar-refractivity contribution in [3.8, 4) is 0 Å². The molecule has 1 fully saturated rings. The zero-order chi connectivity index (χ0) is 9.90. The molecular formula is C8H14N2O2S. The minimum Gasteiger partial charge on any atom is -0.375 e. The van der Waals surface area contributed by atoms with Crippen LogP contribution in [0.15, 0.2) is 24.8 Å². The van der Waals surface area contributed by atoms with Crippen molar-refractivity contribution in [1.29, 1.82) is 0 Å². The third-order valence-electron chi connectivity index (χ3n) is 2.10. The summed E-state index contributed by atoms with van der Waals surface area (Å²) in [5.41, 5.74) is 0. The van der Waals surface area contributed by atoms with E-state index in [2.05, 4.69) is 13.2 Å². The summed E-state index contributed by atoms with van der Waals surface area (Å²) in [6, 6.07) is 0. The Morgan fingerprint density at radius 2 is 1.62 bits per heavy atom. The maximum atomic E-state index is 11.3. The van der Waals surface area contributed by atoms with E-state index in [-0.39, 0.29) is 0 Å². The van der Waals surface area contributed by atoms with Gasteiger partial charge in [0.25, 0.3) is 0 Å². The van der Waals surface area contributed by atoms with Gasteiger partial charge in [-0.3, -0.25) is 0 Å². The molecular weight excluding hydrogens is 188 g/mol. The van der Waals surface area contributed by atoms with Crippen molar-refractivity contribution in [2.24, 2.45) is 0 Å². The highest BCUT2D eigenvalue weighted by atomic mass is 32.2. The molecule has 5 heteroatoms. The highest BCUT2D eigenvalue weighted by molar-refractivity contribution is 7.92. The number of sulfonamides is 1. The molecule has 0 aromatic heterocycles. The van der Waals surface area contributed by atoms with Gasteiger partial charge in [-0.05, 0) is 6.20 Å². The van der Waals surface area contributed by atoms with Crippen LogP contribution in [-0.2, 0) is 10.0 Å². The molecule has 0 spiro atoms. The Morgan fingerprint density at radius 1 is 1.08 bits per heavy atom. The number of hydrogen-bond donors (Lipinski definition) is 0. The van der Waals surface area contributed by atoms with Crippen molar-refractivity contribution in [1.82, 2.24) is 9.21 Å². The van der Waals surface area contributed by atoms with Gasteiger partial charge in [-0.2, -0.15) is 4.31 Å². The molecule has 0 bridgehead atoms. The molecule has 0 aromatic carbocycles. The molecule has 0 N–H and O–H groups in total. The lowest BCUT2D eigenvalue weighted by molar-refractivity contribution is 0.247. The van der Waals surface area contributed by atoms with Gasteiger partial charge in [-0.15, -0.1) is 0 Å². The Labute approximate surface area is 79.2 Å². The van der Waals surface area contributed by atoms with Gasteiger partial charge in [-0.25, -0.2) is 8.42 Å². The molecule has 1 rings (SSSR count). The smallest absolute Gasteiger partial charge is 0.235 e. The monoisotopic (exact) mass is 202 g/mol. The largest absolute Gasteiger partial charge is 0.375 e. The molecule has 0 aromatic rings. The summed E-state index contributed by atoms with van der Waals surface area (Å²) in [4.78, 5) is 2.00. The standard InChI is InChI=1S/C8H14N2O2S/c1-3-9-5-7-10(8-6-9)13(11,12)4-2/h3-4H,1-2,5-8H2. The van der Waals surface area contributed by atoms with Crippen LogP contribution in [0.1, 0.15) is 0 Å². The summed E-state index contributed by atoms with van der Waals surface area (Å²) >= 11 is 0. The fraction of sp³-hybridized carbons (Fsp3) is 0.500. The highest BCUT2D eigenvalue weighted by Crippen LogP contribution is 2.07. The van der Waals surface area contributed by atoms with Crippen LogP contribution in [0, 0.1) is 0 Å². The predicted molar refractivity (Wildman–Crippen MR) is 52.5 cm³/mol. The van der Waals surface area contributed by atoms with E-state index < -0.39 is 10.0 Å². The van der Waals surface area contributed by atoms with E-state index in [9.17, 15) is 8.42 Å². The lowest BCUT2D eigenvalue weighted by Crippen LogP contribution is -2.45. The lowest BCUT2D eigenvalue weighted by atomic mass is 10.4. The van der Waals surface area contributed by atoms with Crippen LogP contribution in [0.5, 0.6) is 0 Å². The second kappa shape index (κ2) is 3.93. The molecule has 74 valence electrons. The topological polar surface area (TPSA) is 40.6 Å². The van der Waals surface area contributed by atoms with Gasteiger partial charge in [0.15, 0.2) is 0 Å². The summed E-state index contributed by atoms with van der Waals surface area (Å²) in [5.74, 6) is 0. The predicted octanol–water partition coefficient (Wildman–Crippen LogP) is 0.221. The number of piperazine rings is 1. The van der Waals surface area contributed by atoms with E-state index in [1.807, 2.05) is 4.90 Å². The molecule has 1 aliphatic heterocycles. The molecule has 0 aliphatic carbocycles. The van der Waals surface area contributed by atoms with Gasteiger partial charge in [0, 0.05) is 31.6 Å². The molecule has 1 aliphatic rings. The lowest BCUT2D eigenvalue weighted by Gasteiger charge is -2.32. The zero-order valence-corrected chi connectivity index (χ0v) is 8.33. The van der Waals surface area contributed by atoms with Gasteiger partial charge in [-0.1, -0.05) is 13.2 Å². The van der Waals surface area contributed by atoms with Crippen LogP contribution in [0.2, 0.25) is 0 Å². The van der Waals surface area contributed by atoms with Crippen molar-refractivity contribution in [2.75, 3.05) is 26.2 Å². The minimum absolute atomic E-state index is 0.514. The van der Waals surface area contributed by atoms with E-state index in [4.69, 9.17) is 0 Å². The van der Waals surface area contributed by atoms with E-state index in [0.29, 0.717) is 26.2 Å². The van der Waals surface area contributed by atoms with Crippen LogP contribution in [-0.4, -0.2) is 43.8 Å². The quantitative estimate of drug-likeness (QED) is 0.657. The van der Waals surface area contributed by atoms with E-state index >= 15 is 0 Å². The van der Waals surface area contributed by atoms with Gasteiger partial charge in [0.1, 0.15) is 0 Å². The first kappa shape index (κ1) is 10.3. The zero-order valence-electron chi connectivity index (χ0n) is 7.52. The van der Waals surface area contributed by atoms with Gasteiger partial charge in [0.2, 0.25) is 10.0 Å². The molecule has 0 radical (unpaired) electrons. The first-order valence-corrected chi connectivity index (χ1v) is 5.59. The van der Waals surface area contributed by atoms with E-state index in [1.54, 1.807) is 6.20 Å². The Hall–Kier alpha value is -0.810. The number of rotatable bonds is 3. The third kappa shape index (κ3) is 2.32. The first-order chi connectivity index (χ1) is 6.10. The maximum absolute atomic E-state index is 11.3. The fourth-order valence-electron chi connectivity index (χ4n) is 1.25. The molecule has 0 saturated carbocycles. The van der Waals surface area contributed by atoms with Gasteiger partial charge < -0.3 is 4.90 Å². The molecule has 0 unspecified atom stereocenters. The molecule has 0 atom stereocenters. The second-order valence-corrected chi connectivity index (χ2v) is 4.71. The maximum Gasteiger partial charge on any atom is 0.235 e. The van der Waals surface area contributed by atoms with E-state index in [1.165, 1.54) is 4.31 Å².